The Kier molecular flexibility index (Phi) is 5.90. The highest BCUT2D eigenvalue weighted by Gasteiger charge is 2.03. The van der Waals surface area contributed by atoms with Crippen LogP contribution in [-0.4, -0.2) is 27.2 Å². The van der Waals surface area contributed by atoms with Gasteiger partial charge in [-0.15, -0.1) is 0 Å². The lowest BCUT2D eigenvalue weighted by Gasteiger charge is -2.07. The van der Waals surface area contributed by atoms with Crippen molar-refractivity contribution in [1.29, 1.82) is 0 Å². The first-order valence-corrected chi connectivity index (χ1v) is 6.16. The number of rotatable bonds is 8. The van der Waals surface area contributed by atoms with Crippen LogP contribution in [0.1, 0.15) is 32.6 Å². The number of anilines is 1. The number of hydrogen-bond donors (Lipinski definition) is 2. The normalized spacial score (nSPS) is 10.3. The SMILES string of the molecule is CCCn1ccnc(NCCCCC(=O)O)c1=O. The minimum Gasteiger partial charge on any atom is -0.481 e. The summed E-state index contributed by atoms with van der Waals surface area (Å²) in [5, 5.41) is 11.4. The Labute approximate surface area is 106 Å². The van der Waals surface area contributed by atoms with Crippen molar-refractivity contribution in [2.24, 2.45) is 0 Å². The summed E-state index contributed by atoms with van der Waals surface area (Å²) in [4.78, 5) is 26.2. The van der Waals surface area contributed by atoms with Gasteiger partial charge in [-0.3, -0.25) is 9.59 Å². The number of hydrogen-bond acceptors (Lipinski definition) is 4. The Morgan fingerprint density at radius 2 is 2.28 bits per heavy atom. The lowest BCUT2D eigenvalue weighted by molar-refractivity contribution is -0.137. The average molecular weight is 253 g/mol. The van der Waals surface area contributed by atoms with E-state index in [9.17, 15) is 9.59 Å². The molecule has 0 spiro atoms. The summed E-state index contributed by atoms with van der Waals surface area (Å²) in [5.74, 6) is -0.459. The molecular weight excluding hydrogens is 234 g/mol. The van der Waals surface area contributed by atoms with Crippen molar-refractivity contribution in [1.82, 2.24) is 9.55 Å². The molecule has 0 aliphatic carbocycles. The van der Waals surface area contributed by atoms with E-state index in [0.29, 0.717) is 31.7 Å². The van der Waals surface area contributed by atoms with Crippen LogP contribution in [0.2, 0.25) is 0 Å². The van der Waals surface area contributed by atoms with Crippen LogP contribution in [0.4, 0.5) is 5.82 Å². The Balaban J connectivity index is 2.45. The number of aryl methyl sites for hydroxylation is 1. The third-order valence-electron chi connectivity index (χ3n) is 2.49. The van der Waals surface area contributed by atoms with Crippen LogP contribution in [0.25, 0.3) is 0 Å². The Bertz CT molecular complexity index is 442. The molecule has 1 aromatic rings. The van der Waals surface area contributed by atoms with Crippen molar-refractivity contribution < 1.29 is 9.90 Å². The van der Waals surface area contributed by atoms with Crippen LogP contribution in [0.15, 0.2) is 17.2 Å². The van der Waals surface area contributed by atoms with E-state index in [-0.39, 0.29) is 12.0 Å². The molecule has 2 N–H and O–H groups in total. The van der Waals surface area contributed by atoms with Crippen molar-refractivity contribution >= 4 is 11.8 Å². The van der Waals surface area contributed by atoms with E-state index in [0.717, 1.165) is 6.42 Å². The molecule has 0 aromatic carbocycles. The molecule has 0 amide bonds. The van der Waals surface area contributed by atoms with E-state index >= 15 is 0 Å². The zero-order chi connectivity index (χ0) is 13.4. The zero-order valence-corrected chi connectivity index (χ0v) is 10.6. The molecule has 100 valence electrons. The van der Waals surface area contributed by atoms with Crippen LogP contribution in [-0.2, 0) is 11.3 Å². The molecule has 0 aliphatic rings. The van der Waals surface area contributed by atoms with Gasteiger partial charge in [-0.25, -0.2) is 4.98 Å². The summed E-state index contributed by atoms with van der Waals surface area (Å²) < 4.78 is 1.62. The summed E-state index contributed by atoms with van der Waals surface area (Å²) in [5.41, 5.74) is -0.127. The number of carboxylic acid groups (broad SMARTS) is 1. The van der Waals surface area contributed by atoms with Gasteiger partial charge in [-0.05, 0) is 19.3 Å². The van der Waals surface area contributed by atoms with Gasteiger partial charge in [0.15, 0.2) is 5.82 Å². The zero-order valence-electron chi connectivity index (χ0n) is 10.6. The van der Waals surface area contributed by atoms with E-state index in [1.807, 2.05) is 6.92 Å². The monoisotopic (exact) mass is 253 g/mol. The molecule has 1 heterocycles. The van der Waals surface area contributed by atoms with Crippen molar-refractivity contribution in [3.05, 3.63) is 22.7 Å². The molecule has 0 fully saturated rings. The predicted molar refractivity (Wildman–Crippen MR) is 68.8 cm³/mol. The molecule has 0 bridgehead atoms. The maximum absolute atomic E-state index is 11.9. The molecule has 0 saturated heterocycles. The largest absolute Gasteiger partial charge is 0.481 e. The summed E-state index contributed by atoms with van der Waals surface area (Å²) in [6, 6.07) is 0. The van der Waals surface area contributed by atoms with Crippen LogP contribution in [0.5, 0.6) is 0 Å². The second-order valence-electron chi connectivity index (χ2n) is 4.05. The fourth-order valence-corrected chi connectivity index (χ4v) is 1.59. The van der Waals surface area contributed by atoms with Gasteiger partial charge in [0, 0.05) is 31.9 Å². The van der Waals surface area contributed by atoms with Gasteiger partial charge in [0.2, 0.25) is 0 Å². The highest BCUT2D eigenvalue weighted by molar-refractivity contribution is 5.66. The second kappa shape index (κ2) is 7.47. The fraction of sp³-hybridized carbons (Fsp3) is 0.583. The number of carbonyl (C=O) groups is 1. The number of unbranched alkanes of at least 4 members (excludes halogenated alkanes) is 1. The highest BCUT2D eigenvalue weighted by atomic mass is 16.4. The fourth-order valence-electron chi connectivity index (χ4n) is 1.59. The van der Waals surface area contributed by atoms with Gasteiger partial charge >= 0.3 is 5.97 Å². The average Bonchev–Trinajstić information content (AvgIpc) is 2.33. The molecule has 6 nitrogen and oxygen atoms in total. The van der Waals surface area contributed by atoms with Gasteiger partial charge in [0.25, 0.3) is 5.56 Å². The third-order valence-corrected chi connectivity index (χ3v) is 2.49. The van der Waals surface area contributed by atoms with Gasteiger partial charge < -0.3 is 15.0 Å². The van der Waals surface area contributed by atoms with E-state index in [1.54, 1.807) is 17.0 Å². The highest BCUT2D eigenvalue weighted by Crippen LogP contribution is 1.98. The van der Waals surface area contributed by atoms with Crippen molar-refractivity contribution in [2.75, 3.05) is 11.9 Å². The van der Waals surface area contributed by atoms with Crippen LogP contribution < -0.4 is 10.9 Å². The third kappa shape index (κ3) is 4.57. The molecule has 0 radical (unpaired) electrons. The number of nitrogens with one attached hydrogen (secondary N) is 1. The van der Waals surface area contributed by atoms with Crippen LogP contribution >= 0.6 is 0 Å². The first-order chi connectivity index (χ1) is 8.65. The Morgan fingerprint density at radius 1 is 1.50 bits per heavy atom. The Hall–Kier alpha value is -1.85. The van der Waals surface area contributed by atoms with Gasteiger partial charge in [0.05, 0.1) is 0 Å². The minimum atomic E-state index is -0.793. The summed E-state index contributed by atoms with van der Waals surface area (Å²) in [6.45, 7) is 3.24. The smallest absolute Gasteiger partial charge is 0.303 e. The van der Waals surface area contributed by atoms with E-state index in [1.165, 1.54) is 0 Å². The molecule has 0 aliphatic heterocycles. The van der Waals surface area contributed by atoms with Gasteiger partial charge in [-0.2, -0.15) is 0 Å². The molecule has 0 saturated carbocycles. The predicted octanol–water partition coefficient (Wildman–Crippen LogP) is 1.32. The Morgan fingerprint density at radius 3 is 2.94 bits per heavy atom. The lowest BCUT2D eigenvalue weighted by atomic mass is 10.2. The first kappa shape index (κ1) is 14.2. The molecule has 0 unspecified atom stereocenters. The van der Waals surface area contributed by atoms with Crippen molar-refractivity contribution in [2.45, 2.75) is 39.2 Å². The lowest BCUT2D eigenvalue weighted by Crippen LogP contribution is -2.24. The van der Waals surface area contributed by atoms with Gasteiger partial charge in [0.1, 0.15) is 0 Å². The topological polar surface area (TPSA) is 84.2 Å². The molecule has 1 rings (SSSR count). The number of carboxylic acids is 1. The summed E-state index contributed by atoms with van der Waals surface area (Å²) >= 11 is 0. The standard InChI is InChI=1S/C12H19N3O3/c1-2-8-15-9-7-14-11(12(15)18)13-6-4-3-5-10(16)17/h7,9H,2-6,8H2,1H3,(H,13,14)(H,16,17). The molecule has 1 aromatic heterocycles. The summed E-state index contributed by atoms with van der Waals surface area (Å²) in [6.07, 6.45) is 5.61. The van der Waals surface area contributed by atoms with Crippen LogP contribution in [0, 0.1) is 0 Å². The first-order valence-electron chi connectivity index (χ1n) is 6.16. The maximum Gasteiger partial charge on any atom is 0.303 e. The maximum atomic E-state index is 11.9. The molecule has 0 atom stereocenters. The van der Waals surface area contributed by atoms with Crippen LogP contribution in [0.3, 0.4) is 0 Å². The quantitative estimate of drug-likeness (QED) is 0.682. The minimum absolute atomic E-state index is 0.127. The number of aliphatic carboxylic acids is 1. The molecular formula is C12H19N3O3. The van der Waals surface area contributed by atoms with Gasteiger partial charge in [-0.1, -0.05) is 6.92 Å². The van der Waals surface area contributed by atoms with Crippen molar-refractivity contribution in [3.8, 4) is 0 Å². The van der Waals surface area contributed by atoms with E-state index in [2.05, 4.69) is 10.3 Å². The molecule has 18 heavy (non-hydrogen) atoms. The van der Waals surface area contributed by atoms with Crippen molar-refractivity contribution in [3.63, 3.8) is 0 Å². The summed E-state index contributed by atoms with van der Waals surface area (Å²) in [7, 11) is 0. The molecule has 6 heteroatoms. The van der Waals surface area contributed by atoms with E-state index in [4.69, 9.17) is 5.11 Å². The number of nitrogens with zero attached hydrogens (tertiary/aromatic N) is 2. The van der Waals surface area contributed by atoms with E-state index < -0.39 is 5.97 Å². The second-order valence-corrected chi connectivity index (χ2v) is 4.05. The number of aromatic nitrogens is 2.